The predicted molar refractivity (Wildman–Crippen MR) is 82.5 cm³/mol. The third kappa shape index (κ3) is 4.93. The number of nitrogens with two attached hydrogens (primary N) is 1. The summed E-state index contributed by atoms with van der Waals surface area (Å²) in [6.07, 6.45) is 8.14. The van der Waals surface area contributed by atoms with Gasteiger partial charge in [0, 0.05) is 12.2 Å². The minimum Gasteiger partial charge on any atom is -0.370 e. The molecule has 3 nitrogen and oxygen atoms in total. The molecule has 1 aromatic rings. The molecule has 0 aliphatic heterocycles. The largest absolute Gasteiger partial charge is 0.370 e. The summed E-state index contributed by atoms with van der Waals surface area (Å²) in [5, 5.41) is 3.13. The monoisotopic (exact) mass is 259 g/mol. The molecular weight excluding hydrogens is 234 g/mol. The van der Waals surface area contributed by atoms with Crippen LogP contribution in [-0.4, -0.2) is 12.5 Å². The number of anilines is 1. The molecule has 0 saturated heterocycles. The topological polar surface area (TPSA) is 50.4 Å². The minimum atomic E-state index is 0.523. The number of guanidine groups is 1. The number of nitrogens with zero attached hydrogens (tertiary/aromatic N) is 1. The lowest BCUT2D eigenvalue weighted by atomic mass is 10.0. The van der Waals surface area contributed by atoms with Crippen molar-refractivity contribution in [1.82, 2.24) is 0 Å². The van der Waals surface area contributed by atoms with E-state index in [-0.39, 0.29) is 0 Å². The number of rotatable bonds is 5. The van der Waals surface area contributed by atoms with Crippen LogP contribution in [-0.2, 0) is 0 Å². The van der Waals surface area contributed by atoms with Gasteiger partial charge in [0.15, 0.2) is 5.96 Å². The van der Waals surface area contributed by atoms with Gasteiger partial charge in [-0.3, -0.25) is 4.99 Å². The maximum absolute atomic E-state index is 5.88. The smallest absolute Gasteiger partial charge is 0.193 e. The molecule has 0 unspecified atom stereocenters. The van der Waals surface area contributed by atoms with E-state index in [0.29, 0.717) is 5.96 Å². The summed E-state index contributed by atoms with van der Waals surface area (Å²) in [6.45, 7) is 2.91. The van der Waals surface area contributed by atoms with Crippen LogP contribution in [0.15, 0.2) is 29.3 Å². The molecule has 0 radical (unpaired) electrons. The first-order chi connectivity index (χ1) is 9.24. The van der Waals surface area contributed by atoms with E-state index in [4.69, 9.17) is 5.73 Å². The van der Waals surface area contributed by atoms with Gasteiger partial charge in [0.1, 0.15) is 0 Å². The summed E-state index contributed by atoms with van der Waals surface area (Å²) < 4.78 is 0. The molecule has 0 heterocycles. The third-order valence-corrected chi connectivity index (χ3v) is 3.85. The molecule has 3 heteroatoms. The number of aryl methyl sites for hydroxylation is 1. The van der Waals surface area contributed by atoms with Gasteiger partial charge in [-0.25, -0.2) is 0 Å². The number of hydrogen-bond acceptors (Lipinski definition) is 1. The second-order valence-corrected chi connectivity index (χ2v) is 5.55. The molecule has 0 amide bonds. The summed E-state index contributed by atoms with van der Waals surface area (Å²) in [6, 6.07) is 8.18. The van der Waals surface area contributed by atoms with E-state index in [1.165, 1.54) is 37.7 Å². The lowest BCUT2D eigenvalue weighted by Gasteiger charge is -2.08. The van der Waals surface area contributed by atoms with Crippen molar-refractivity contribution in [3.05, 3.63) is 29.8 Å². The first-order valence-corrected chi connectivity index (χ1v) is 7.37. The van der Waals surface area contributed by atoms with Crippen LogP contribution in [0.3, 0.4) is 0 Å². The fraction of sp³-hybridized carbons (Fsp3) is 0.562. The molecule has 0 atom stereocenters. The molecule has 0 aromatic heterocycles. The van der Waals surface area contributed by atoms with Gasteiger partial charge in [0.25, 0.3) is 0 Å². The van der Waals surface area contributed by atoms with Crippen LogP contribution in [0.5, 0.6) is 0 Å². The van der Waals surface area contributed by atoms with Crippen molar-refractivity contribution in [3.8, 4) is 0 Å². The van der Waals surface area contributed by atoms with Gasteiger partial charge in [-0.15, -0.1) is 0 Å². The van der Waals surface area contributed by atoms with Crippen molar-refractivity contribution >= 4 is 11.6 Å². The average Bonchev–Trinajstić information content (AvgIpc) is 2.91. The number of benzene rings is 1. The Balaban J connectivity index is 1.68. The fourth-order valence-corrected chi connectivity index (χ4v) is 2.70. The van der Waals surface area contributed by atoms with Crippen molar-refractivity contribution in [1.29, 1.82) is 0 Å². The van der Waals surface area contributed by atoms with Gasteiger partial charge >= 0.3 is 0 Å². The van der Waals surface area contributed by atoms with Crippen LogP contribution in [0.25, 0.3) is 0 Å². The molecular formula is C16H25N3. The van der Waals surface area contributed by atoms with E-state index in [0.717, 1.165) is 24.6 Å². The van der Waals surface area contributed by atoms with Gasteiger partial charge in [-0.2, -0.15) is 0 Å². The van der Waals surface area contributed by atoms with Crippen LogP contribution in [0, 0.1) is 12.8 Å². The lowest BCUT2D eigenvalue weighted by molar-refractivity contribution is 0.488. The molecule has 1 saturated carbocycles. The zero-order chi connectivity index (χ0) is 13.5. The second-order valence-electron chi connectivity index (χ2n) is 5.55. The molecule has 1 aromatic carbocycles. The van der Waals surface area contributed by atoms with Gasteiger partial charge in [0.2, 0.25) is 0 Å². The molecule has 2 rings (SSSR count). The highest BCUT2D eigenvalue weighted by Crippen LogP contribution is 2.28. The molecule has 3 N–H and O–H groups in total. The Morgan fingerprint density at radius 2 is 1.95 bits per heavy atom. The summed E-state index contributed by atoms with van der Waals surface area (Å²) >= 11 is 0. The van der Waals surface area contributed by atoms with Crippen molar-refractivity contribution < 1.29 is 0 Å². The van der Waals surface area contributed by atoms with Gasteiger partial charge in [-0.1, -0.05) is 43.4 Å². The summed E-state index contributed by atoms with van der Waals surface area (Å²) in [5.74, 6) is 1.47. The second kappa shape index (κ2) is 7.17. The standard InChI is InChI=1S/C16H25N3/c1-13-8-10-15(11-9-13)19-16(17)18-12-4-7-14-5-2-3-6-14/h8-11,14H,2-7,12H2,1H3,(H3,17,18,19). The summed E-state index contributed by atoms with van der Waals surface area (Å²) in [7, 11) is 0. The van der Waals surface area contributed by atoms with E-state index in [9.17, 15) is 0 Å². The Kier molecular flexibility index (Phi) is 5.25. The average molecular weight is 259 g/mol. The fourth-order valence-electron chi connectivity index (χ4n) is 2.70. The Hall–Kier alpha value is -1.51. The van der Waals surface area contributed by atoms with Crippen molar-refractivity contribution in [2.24, 2.45) is 16.6 Å². The number of nitrogens with one attached hydrogen (secondary N) is 1. The van der Waals surface area contributed by atoms with Gasteiger partial charge in [-0.05, 0) is 37.8 Å². The zero-order valence-corrected chi connectivity index (χ0v) is 11.9. The van der Waals surface area contributed by atoms with E-state index in [1.54, 1.807) is 0 Å². The first-order valence-electron chi connectivity index (χ1n) is 7.37. The van der Waals surface area contributed by atoms with Gasteiger partial charge < -0.3 is 11.1 Å². The van der Waals surface area contributed by atoms with E-state index in [1.807, 2.05) is 12.1 Å². The quantitative estimate of drug-likeness (QED) is 0.481. The highest BCUT2D eigenvalue weighted by Gasteiger charge is 2.13. The minimum absolute atomic E-state index is 0.523. The highest BCUT2D eigenvalue weighted by atomic mass is 15.1. The molecule has 1 aliphatic rings. The van der Waals surface area contributed by atoms with Crippen LogP contribution >= 0.6 is 0 Å². The van der Waals surface area contributed by atoms with Crippen LogP contribution in [0.4, 0.5) is 5.69 Å². The van der Waals surface area contributed by atoms with Crippen molar-refractivity contribution in [3.63, 3.8) is 0 Å². The Morgan fingerprint density at radius 1 is 1.26 bits per heavy atom. The SMILES string of the molecule is Cc1ccc(NC(N)=NCCCC2CCCC2)cc1. The maximum atomic E-state index is 5.88. The van der Waals surface area contributed by atoms with Crippen LogP contribution in [0.1, 0.15) is 44.1 Å². The molecule has 104 valence electrons. The highest BCUT2D eigenvalue weighted by molar-refractivity contribution is 5.92. The molecule has 19 heavy (non-hydrogen) atoms. The molecule has 1 aliphatic carbocycles. The van der Waals surface area contributed by atoms with Crippen molar-refractivity contribution in [2.75, 3.05) is 11.9 Å². The first kappa shape index (κ1) is 13.9. The van der Waals surface area contributed by atoms with Crippen LogP contribution < -0.4 is 11.1 Å². The maximum Gasteiger partial charge on any atom is 0.193 e. The lowest BCUT2D eigenvalue weighted by Crippen LogP contribution is -2.22. The Bertz CT molecular complexity index is 403. The Morgan fingerprint density at radius 3 is 2.63 bits per heavy atom. The zero-order valence-electron chi connectivity index (χ0n) is 11.9. The molecule has 0 spiro atoms. The summed E-state index contributed by atoms with van der Waals surface area (Å²) in [5.41, 5.74) is 8.13. The van der Waals surface area contributed by atoms with E-state index in [2.05, 4.69) is 29.4 Å². The molecule has 1 fully saturated rings. The van der Waals surface area contributed by atoms with Gasteiger partial charge in [0.05, 0.1) is 0 Å². The van der Waals surface area contributed by atoms with Crippen molar-refractivity contribution in [2.45, 2.75) is 45.4 Å². The number of aliphatic imine (C=N–C) groups is 1. The number of hydrogen-bond donors (Lipinski definition) is 2. The Labute approximate surface area is 116 Å². The van der Waals surface area contributed by atoms with E-state index < -0.39 is 0 Å². The molecule has 0 bridgehead atoms. The predicted octanol–water partition coefficient (Wildman–Crippen LogP) is 3.69. The van der Waals surface area contributed by atoms with Crippen LogP contribution in [0.2, 0.25) is 0 Å². The normalized spacial score (nSPS) is 16.8. The summed E-state index contributed by atoms with van der Waals surface area (Å²) in [4.78, 5) is 4.39. The third-order valence-electron chi connectivity index (χ3n) is 3.85. The van der Waals surface area contributed by atoms with E-state index >= 15 is 0 Å².